The van der Waals surface area contributed by atoms with Gasteiger partial charge in [0.05, 0.1) is 0 Å². The predicted octanol–water partition coefficient (Wildman–Crippen LogP) is 22.6. The lowest BCUT2D eigenvalue weighted by atomic mass is 10.0. The summed E-state index contributed by atoms with van der Waals surface area (Å²) >= 11 is 0. The highest BCUT2D eigenvalue weighted by molar-refractivity contribution is 5.71. The molecule has 0 aromatic heterocycles. The number of esters is 3. The maximum Gasteiger partial charge on any atom is 0.306 e. The van der Waals surface area contributed by atoms with Gasteiger partial charge in [-0.2, -0.15) is 0 Å². The van der Waals surface area contributed by atoms with Crippen LogP contribution in [0.15, 0.2) is 109 Å². The van der Waals surface area contributed by atoms with Gasteiger partial charge in [-0.15, -0.1) is 0 Å². The standard InChI is InChI=1S/C72H122O6/c1-4-7-10-13-16-19-22-24-26-28-30-32-33-34-35-36-37-38-39-41-42-44-46-48-50-53-56-59-62-65-71(74)77-68-69(67-76-70(73)64-61-58-55-52-21-18-15-12-9-6-3)78-72(75)66-63-60-57-54-51-49-47-45-43-40-31-29-27-25-23-20-17-14-11-8-5-2/h7-8,10-11,16-17,19-20,24-27,30-32,40,45,47,69H,4-6,9,12-15,18,21-23,28-29,33-39,41-44,46,48-68H2,1-3H3/b10-7-,11-8-,19-16-,20-17-,26-24-,27-25-,32-30-,40-31-,47-45-. The van der Waals surface area contributed by atoms with Crippen LogP contribution in [-0.4, -0.2) is 37.2 Å². The molecular formula is C72H122O6. The number of ether oxygens (including phenoxy) is 3. The third-order valence-electron chi connectivity index (χ3n) is 14.0. The summed E-state index contributed by atoms with van der Waals surface area (Å²) in [5.41, 5.74) is 0. The van der Waals surface area contributed by atoms with Crippen molar-refractivity contribution in [1.82, 2.24) is 0 Å². The zero-order valence-electron chi connectivity index (χ0n) is 51.2. The van der Waals surface area contributed by atoms with Gasteiger partial charge in [-0.1, -0.05) is 297 Å². The Morgan fingerprint density at radius 3 is 0.782 bits per heavy atom. The van der Waals surface area contributed by atoms with Crippen molar-refractivity contribution in [3.8, 4) is 0 Å². The van der Waals surface area contributed by atoms with Crippen molar-refractivity contribution >= 4 is 17.9 Å². The van der Waals surface area contributed by atoms with Crippen molar-refractivity contribution in [3.05, 3.63) is 109 Å². The van der Waals surface area contributed by atoms with Crippen LogP contribution in [0.5, 0.6) is 0 Å². The second-order valence-electron chi connectivity index (χ2n) is 21.6. The van der Waals surface area contributed by atoms with E-state index in [1.807, 2.05) is 0 Å². The van der Waals surface area contributed by atoms with Crippen molar-refractivity contribution in [1.29, 1.82) is 0 Å². The first-order chi connectivity index (χ1) is 38.5. The van der Waals surface area contributed by atoms with Crippen LogP contribution in [0.2, 0.25) is 0 Å². The van der Waals surface area contributed by atoms with Gasteiger partial charge in [-0.05, 0) is 103 Å². The van der Waals surface area contributed by atoms with Crippen LogP contribution in [0, 0.1) is 0 Å². The number of carbonyl (C=O) groups excluding carboxylic acids is 3. The molecule has 0 radical (unpaired) electrons. The Kier molecular flexibility index (Phi) is 62.3. The largest absolute Gasteiger partial charge is 0.462 e. The highest BCUT2D eigenvalue weighted by atomic mass is 16.6. The molecule has 0 aromatic rings. The van der Waals surface area contributed by atoms with Crippen LogP contribution in [0.25, 0.3) is 0 Å². The van der Waals surface area contributed by atoms with Crippen LogP contribution < -0.4 is 0 Å². The Morgan fingerprint density at radius 1 is 0.269 bits per heavy atom. The normalized spacial score (nSPS) is 12.8. The molecular weight excluding hydrogens is 961 g/mol. The van der Waals surface area contributed by atoms with Gasteiger partial charge in [-0.3, -0.25) is 14.4 Å². The molecule has 0 fully saturated rings. The van der Waals surface area contributed by atoms with Crippen molar-refractivity contribution in [3.63, 3.8) is 0 Å². The lowest BCUT2D eigenvalue weighted by Crippen LogP contribution is -2.30. The molecule has 0 saturated carbocycles. The minimum atomic E-state index is -0.788. The molecule has 0 rings (SSSR count). The summed E-state index contributed by atoms with van der Waals surface area (Å²) in [7, 11) is 0. The molecule has 0 bridgehead atoms. The number of hydrogen-bond donors (Lipinski definition) is 0. The SMILES string of the molecule is CC/C=C\C/C=C\C/C=C\C/C=C\C/C=C\CCCCCCCC(=O)OC(COC(=O)CCCCCCCCCCCC)COC(=O)CCCCCCCCCCCCCCCCCC/C=C\C/C=C\C/C=C\C/C=C\CC. The average Bonchev–Trinajstić information content (AvgIpc) is 3.44. The quantitative estimate of drug-likeness (QED) is 0.0261. The van der Waals surface area contributed by atoms with Gasteiger partial charge in [-0.25, -0.2) is 0 Å². The summed E-state index contributed by atoms with van der Waals surface area (Å²) in [6.45, 7) is 6.41. The number of hydrogen-bond acceptors (Lipinski definition) is 6. The monoisotopic (exact) mass is 1080 g/mol. The summed E-state index contributed by atoms with van der Waals surface area (Å²) < 4.78 is 16.9. The van der Waals surface area contributed by atoms with Gasteiger partial charge in [0.15, 0.2) is 6.10 Å². The first-order valence-electron chi connectivity index (χ1n) is 32.9. The lowest BCUT2D eigenvalue weighted by molar-refractivity contribution is -0.167. The Morgan fingerprint density at radius 2 is 0.500 bits per heavy atom. The summed E-state index contributed by atoms with van der Waals surface area (Å²) in [5.74, 6) is -0.894. The summed E-state index contributed by atoms with van der Waals surface area (Å²) in [5, 5.41) is 0. The van der Waals surface area contributed by atoms with Gasteiger partial charge < -0.3 is 14.2 Å². The molecule has 0 aliphatic carbocycles. The zero-order chi connectivity index (χ0) is 56.4. The second-order valence-corrected chi connectivity index (χ2v) is 21.6. The fourth-order valence-electron chi connectivity index (χ4n) is 9.17. The van der Waals surface area contributed by atoms with E-state index >= 15 is 0 Å². The van der Waals surface area contributed by atoms with Gasteiger partial charge in [0.1, 0.15) is 13.2 Å². The molecule has 78 heavy (non-hydrogen) atoms. The molecule has 0 spiro atoms. The van der Waals surface area contributed by atoms with Crippen LogP contribution >= 0.6 is 0 Å². The second kappa shape index (κ2) is 65.6. The number of carbonyl (C=O) groups is 3. The van der Waals surface area contributed by atoms with Gasteiger partial charge in [0, 0.05) is 19.3 Å². The minimum Gasteiger partial charge on any atom is -0.462 e. The van der Waals surface area contributed by atoms with E-state index in [9.17, 15) is 14.4 Å². The summed E-state index contributed by atoms with van der Waals surface area (Å²) in [4.78, 5) is 38.3. The molecule has 0 amide bonds. The molecule has 0 N–H and O–H groups in total. The molecule has 0 aliphatic rings. The van der Waals surface area contributed by atoms with E-state index in [0.717, 1.165) is 135 Å². The molecule has 6 heteroatoms. The molecule has 1 unspecified atom stereocenters. The van der Waals surface area contributed by atoms with E-state index in [4.69, 9.17) is 14.2 Å². The highest BCUT2D eigenvalue weighted by Crippen LogP contribution is 2.17. The van der Waals surface area contributed by atoms with E-state index in [-0.39, 0.29) is 31.1 Å². The highest BCUT2D eigenvalue weighted by Gasteiger charge is 2.19. The van der Waals surface area contributed by atoms with Crippen LogP contribution in [-0.2, 0) is 28.6 Å². The molecule has 1 atom stereocenters. The smallest absolute Gasteiger partial charge is 0.306 e. The van der Waals surface area contributed by atoms with E-state index in [2.05, 4.69) is 130 Å². The number of rotatable bonds is 59. The van der Waals surface area contributed by atoms with Gasteiger partial charge >= 0.3 is 17.9 Å². The van der Waals surface area contributed by atoms with E-state index in [0.29, 0.717) is 19.3 Å². The number of allylic oxidation sites excluding steroid dienone is 18. The van der Waals surface area contributed by atoms with Gasteiger partial charge in [0.25, 0.3) is 0 Å². The fourth-order valence-corrected chi connectivity index (χ4v) is 9.17. The Hall–Kier alpha value is -3.93. The molecule has 0 saturated heterocycles. The van der Waals surface area contributed by atoms with Crippen LogP contribution in [0.1, 0.15) is 310 Å². The summed E-state index contributed by atoms with van der Waals surface area (Å²) in [6.07, 6.45) is 89.7. The molecule has 0 heterocycles. The van der Waals surface area contributed by atoms with Crippen molar-refractivity contribution < 1.29 is 28.6 Å². The maximum absolute atomic E-state index is 12.9. The van der Waals surface area contributed by atoms with E-state index in [1.165, 1.54) is 135 Å². The van der Waals surface area contributed by atoms with Gasteiger partial charge in [0.2, 0.25) is 0 Å². The predicted molar refractivity (Wildman–Crippen MR) is 339 cm³/mol. The Balaban J connectivity index is 4.22. The lowest BCUT2D eigenvalue weighted by Gasteiger charge is -2.18. The average molecular weight is 1080 g/mol. The van der Waals surface area contributed by atoms with Crippen molar-refractivity contribution in [2.24, 2.45) is 0 Å². The first-order valence-corrected chi connectivity index (χ1v) is 32.9. The minimum absolute atomic E-state index is 0.0833. The third-order valence-corrected chi connectivity index (χ3v) is 14.0. The molecule has 446 valence electrons. The summed E-state index contributed by atoms with van der Waals surface area (Å²) in [6, 6.07) is 0. The molecule has 6 nitrogen and oxygen atoms in total. The van der Waals surface area contributed by atoms with Crippen LogP contribution in [0.3, 0.4) is 0 Å². The molecule has 0 aliphatic heterocycles. The first kappa shape index (κ1) is 74.1. The van der Waals surface area contributed by atoms with E-state index < -0.39 is 6.10 Å². The topological polar surface area (TPSA) is 78.9 Å². The Labute approximate surface area is 482 Å². The maximum atomic E-state index is 12.9. The van der Waals surface area contributed by atoms with Crippen molar-refractivity contribution in [2.45, 2.75) is 316 Å². The van der Waals surface area contributed by atoms with E-state index in [1.54, 1.807) is 0 Å². The van der Waals surface area contributed by atoms with Crippen LogP contribution in [0.4, 0.5) is 0 Å². The number of unbranched alkanes of at least 4 members (excludes halogenated alkanes) is 30. The zero-order valence-corrected chi connectivity index (χ0v) is 51.2. The Bertz CT molecular complexity index is 1570. The third kappa shape index (κ3) is 62.9. The molecule has 0 aromatic carbocycles. The fraction of sp³-hybridized carbons (Fsp3) is 0.708. The van der Waals surface area contributed by atoms with Crippen molar-refractivity contribution in [2.75, 3.05) is 13.2 Å².